The molecule has 0 unspecified atom stereocenters. The summed E-state index contributed by atoms with van der Waals surface area (Å²) in [7, 11) is 0. The van der Waals surface area contributed by atoms with Crippen LogP contribution in [0.4, 0.5) is 0 Å². The van der Waals surface area contributed by atoms with Crippen LogP contribution in [-0.2, 0) is 16.8 Å². The fourth-order valence-electron chi connectivity index (χ4n) is 6.52. The molecule has 2 heterocycles. The molecule has 0 bridgehead atoms. The van der Waals surface area contributed by atoms with Crippen molar-refractivity contribution in [3.8, 4) is 0 Å². The highest BCUT2D eigenvalue weighted by molar-refractivity contribution is 6.31. The first-order valence-corrected chi connectivity index (χ1v) is 14.7. The molecule has 1 aliphatic rings. The van der Waals surface area contributed by atoms with Crippen molar-refractivity contribution in [3.63, 3.8) is 0 Å². The number of carbonyl (C=O) groups is 1. The summed E-state index contributed by atoms with van der Waals surface area (Å²) in [6.45, 7) is 6.30. The molecular formula is C31H32Cl3N5O. The topological polar surface area (TPSA) is 74.8 Å². The van der Waals surface area contributed by atoms with E-state index in [1.165, 1.54) is 0 Å². The molecule has 1 amide bonds. The highest BCUT2D eigenvalue weighted by Crippen LogP contribution is 2.58. The summed E-state index contributed by atoms with van der Waals surface area (Å²) < 4.78 is 0. The Kier molecular flexibility index (Phi) is 8.23. The maximum atomic E-state index is 15.0. The molecule has 4 aromatic rings. The minimum atomic E-state index is -0.868. The van der Waals surface area contributed by atoms with Gasteiger partial charge in [-0.05, 0) is 82.8 Å². The first kappa shape index (κ1) is 28.6. The normalized spacial score (nSPS) is 20.7. The fourth-order valence-corrected chi connectivity index (χ4v) is 6.97. The van der Waals surface area contributed by atoms with E-state index in [-0.39, 0.29) is 17.9 Å². The molecule has 9 heteroatoms. The van der Waals surface area contributed by atoms with Gasteiger partial charge in [0.25, 0.3) is 0 Å². The summed E-state index contributed by atoms with van der Waals surface area (Å²) in [5, 5.41) is 16.5. The van der Waals surface area contributed by atoms with Gasteiger partial charge in [0.2, 0.25) is 5.91 Å². The maximum absolute atomic E-state index is 15.0. The molecule has 6 nitrogen and oxygen atoms in total. The Balaban J connectivity index is 1.87. The number of likely N-dealkylation sites (tertiary alicyclic amines) is 1. The molecule has 0 radical (unpaired) electrons. The van der Waals surface area contributed by atoms with E-state index >= 15 is 4.79 Å². The van der Waals surface area contributed by atoms with Gasteiger partial charge < -0.3 is 4.90 Å². The standard InChI is InChI=1S/C31H32Cl3N5O/c1-4-26(5-2)39-29(40)30(3,19-28-35-37-38-36-28)18-27(20-7-6-8-25(34)17-20)31(39,21-9-13-23(32)14-10-21)22-11-15-24(33)16-12-22/h6-17,26-27H,4-5,18-19H2,1-3H3,(H,35,36,37,38)/t27-,30-/m1/s1. The Hall–Kier alpha value is -2.93. The second kappa shape index (κ2) is 11.5. The lowest BCUT2D eigenvalue weighted by Gasteiger charge is -2.60. The number of nitrogens with zero attached hydrogens (tertiary/aromatic N) is 4. The van der Waals surface area contributed by atoms with Gasteiger partial charge in [-0.25, -0.2) is 5.10 Å². The molecule has 0 aliphatic carbocycles. The van der Waals surface area contributed by atoms with E-state index in [0.29, 0.717) is 33.7 Å². The van der Waals surface area contributed by atoms with Gasteiger partial charge in [-0.3, -0.25) is 4.79 Å². The molecule has 1 aromatic heterocycles. The zero-order valence-corrected chi connectivity index (χ0v) is 25.0. The predicted molar refractivity (Wildman–Crippen MR) is 160 cm³/mol. The molecule has 40 heavy (non-hydrogen) atoms. The SMILES string of the molecule is CCC(CC)N1C(=O)[C@@](C)(Cc2nnn[nH]2)C[C@H](c2cccc(Cl)c2)C1(c1ccc(Cl)cc1)c1ccc(Cl)cc1. The van der Waals surface area contributed by atoms with Crippen molar-refractivity contribution in [3.05, 3.63) is 110 Å². The van der Waals surface area contributed by atoms with Crippen LogP contribution in [0.25, 0.3) is 0 Å². The first-order valence-electron chi connectivity index (χ1n) is 13.6. The first-order chi connectivity index (χ1) is 19.2. The summed E-state index contributed by atoms with van der Waals surface area (Å²) in [5.41, 5.74) is 1.34. The van der Waals surface area contributed by atoms with Crippen LogP contribution in [0.3, 0.4) is 0 Å². The summed E-state index contributed by atoms with van der Waals surface area (Å²) in [6, 6.07) is 23.7. The van der Waals surface area contributed by atoms with E-state index in [4.69, 9.17) is 34.8 Å². The summed E-state index contributed by atoms with van der Waals surface area (Å²) in [6.07, 6.45) is 2.49. The lowest BCUT2D eigenvalue weighted by Crippen LogP contribution is -2.65. The quantitative estimate of drug-likeness (QED) is 0.225. The van der Waals surface area contributed by atoms with Crippen LogP contribution in [0.5, 0.6) is 0 Å². The van der Waals surface area contributed by atoms with Crippen LogP contribution in [0, 0.1) is 5.41 Å². The highest BCUT2D eigenvalue weighted by Gasteiger charge is 2.60. The van der Waals surface area contributed by atoms with Crippen LogP contribution in [0.2, 0.25) is 15.1 Å². The number of carbonyl (C=O) groups excluding carboxylic acids is 1. The molecule has 208 valence electrons. The number of hydrogen-bond donors (Lipinski definition) is 1. The van der Waals surface area contributed by atoms with Gasteiger partial charge in [-0.1, -0.05) is 92.0 Å². The van der Waals surface area contributed by atoms with E-state index in [9.17, 15) is 0 Å². The van der Waals surface area contributed by atoms with Gasteiger partial charge in [0.1, 0.15) is 11.4 Å². The third-order valence-corrected chi connectivity index (χ3v) is 9.09. The molecule has 1 N–H and O–H groups in total. The van der Waals surface area contributed by atoms with Gasteiger partial charge in [0.05, 0.1) is 5.41 Å². The smallest absolute Gasteiger partial charge is 0.230 e. The van der Waals surface area contributed by atoms with Crippen molar-refractivity contribution in [1.82, 2.24) is 25.5 Å². The number of nitrogens with one attached hydrogen (secondary N) is 1. The van der Waals surface area contributed by atoms with Crippen LogP contribution < -0.4 is 0 Å². The van der Waals surface area contributed by atoms with Crippen molar-refractivity contribution in [2.45, 2.75) is 64.0 Å². The Bertz CT molecular complexity index is 1410. The number of rotatable bonds is 8. The van der Waals surface area contributed by atoms with Crippen LogP contribution >= 0.6 is 34.8 Å². The lowest BCUT2D eigenvalue weighted by atomic mass is 9.58. The minimum absolute atomic E-state index is 0.0481. The van der Waals surface area contributed by atoms with E-state index in [0.717, 1.165) is 29.5 Å². The van der Waals surface area contributed by atoms with Crippen molar-refractivity contribution >= 4 is 40.7 Å². The zero-order valence-electron chi connectivity index (χ0n) is 22.7. The molecule has 0 spiro atoms. The second-order valence-corrected chi connectivity index (χ2v) is 12.1. The maximum Gasteiger partial charge on any atom is 0.230 e. The van der Waals surface area contributed by atoms with Crippen LogP contribution in [0.15, 0.2) is 72.8 Å². The number of H-pyrrole nitrogens is 1. The molecule has 0 saturated carbocycles. The van der Waals surface area contributed by atoms with Gasteiger partial charge in [-0.15, -0.1) is 5.10 Å². The Morgan fingerprint density at radius 3 is 2.02 bits per heavy atom. The van der Waals surface area contributed by atoms with E-state index in [1.54, 1.807) is 0 Å². The molecule has 3 aromatic carbocycles. The molecular weight excluding hydrogens is 565 g/mol. The van der Waals surface area contributed by atoms with E-state index in [2.05, 4.69) is 45.4 Å². The average molecular weight is 597 g/mol. The van der Waals surface area contributed by atoms with Crippen molar-refractivity contribution < 1.29 is 4.79 Å². The Morgan fingerprint density at radius 1 is 0.925 bits per heavy atom. The van der Waals surface area contributed by atoms with Gasteiger partial charge in [0, 0.05) is 33.4 Å². The summed E-state index contributed by atoms with van der Waals surface area (Å²) in [5.74, 6) is 0.462. The van der Waals surface area contributed by atoms with Crippen LogP contribution in [-0.4, -0.2) is 37.5 Å². The largest absolute Gasteiger partial charge is 0.325 e. The Labute approximate surface area is 250 Å². The number of piperidine rings is 1. The van der Waals surface area contributed by atoms with Gasteiger partial charge in [-0.2, -0.15) is 0 Å². The highest BCUT2D eigenvalue weighted by atomic mass is 35.5. The molecule has 1 aliphatic heterocycles. The number of amides is 1. The van der Waals surface area contributed by atoms with Crippen molar-refractivity contribution in [2.24, 2.45) is 5.41 Å². The molecule has 1 fully saturated rings. The minimum Gasteiger partial charge on any atom is -0.325 e. The van der Waals surface area contributed by atoms with Gasteiger partial charge in [0.15, 0.2) is 0 Å². The summed E-state index contributed by atoms with van der Waals surface area (Å²) >= 11 is 19.4. The second-order valence-electron chi connectivity index (χ2n) is 10.8. The molecule has 5 rings (SSSR count). The third kappa shape index (κ3) is 5.02. The Morgan fingerprint density at radius 2 is 1.52 bits per heavy atom. The number of halogens is 3. The fraction of sp³-hybridized carbons (Fsp3) is 0.355. The molecule has 1 saturated heterocycles. The van der Waals surface area contributed by atoms with Crippen molar-refractivity contribution in [2.75, 3.05) is 0 Å². The number of tetrazole rings is 1. The van der Waals surface area contributed by atoms with E-state index < -0.39 is 11.0 Å². The average Bonchev–Trinajstić information content (AvgIpc) is 3.45. The molecule has 2 atom stereocenters. The lowest BCUT2D eigenvalue weighted by molar-refractivity contribution is -0.161. The monoisotopic (exact) mass is 595 g/mol. The zero-order chi connectivity index (χ0) is 28.5. The predicted octanol–water partition coefficient (Wildman–Crippen LogP) is 7.86. The number of aromatic amines is 1. The third-order valence-electron chi connectivity index (χ3n) is 8.35. The van der Waals surface area contributed by atoms with E-state index in [1.807, 2.05) is 73.7 Å². The number of benzene rings is 3. The van der Waals surface area contributed by atoms with Gasteiger partial charge >= 0.3 is 0 Å². The number of hydrogen-bond acceptors (Lipinski definition) is 4. The van der Waals surface area contributed by atoms with Crippen molar-refractivity contribution in [1.29, 1.82) is 0 Å². The van der Waals surface area contributed by atoms with Crippen LogP contribution in [0.1, 0.15) is 68.5 Å². The number of aromatic nitrogens is 4. The summed E-state index contributed by atoms with van der Waals surface area (Å²) in [4.78, 5) is 17.2.